The van der Waals surface area contributed by atoms with Crippen LogP contribution in [-0.4, -0.2) is 33.0 Å². The van der Waals surface area contributed by atoms with Crippen LogP contribution in [0.15, 0.2) is 29.2 Å². The van der Waals surface area contributed by atoms with E-state index in [0.717, 1.165) is 24.5 Å². The topological polar surface area (TPSA) is 58.2 Å². The summed E-state index contributed by atoms with van der Waals surface area (Å²) >= 11 is 1.89. The molecular weight excluding hydrogens is 280 g/mol. The van der Waals surface area contributed by atoms with E-state index >= 15 is 0 Å². The standard InChI is InChI=1S/C13H22N2O2S2/c1-3-15-19(16,17)13-9-6-5-8-12(13)14-10-7-11-18-4-2/h5-6,8-9,14-15H,3-4,7,10-11H2,1-2H3. The van der Waals surface area contributed by atoms with E-state index in [2.05, 4.69) is 17.0 Å². The monoisotopic (exact) mass is 302 g/mol. The molecule has 0 radical (unpaired) electrons. The number of para-hydroxylation sites is 1. The zero-order valence-electron chi connectivity index (χ0n) is 11.5. The molecule has 0 amide bonds. The van der Waals surface area contributed by atoms with E-state index in [-0.39, 0.29) is 0 Å². The van der Waals surface area contributed by atoms with Gasteiger partial charge in [0, 0.05) is 13.1 Å². The van der Waals surface area contributed by atoms with Crippen LogP contribution in [0.2, 0.25) is 0 Å². The Kier molecular flexibility index (Phi) is 7.27. The largest absolute Gasteiger partial charge is 0.384 e. The number of hydrogen-bond acceptors (Lipinski definition) is 4. The van der Waals surface area contributed by atoms with E-state index in [0.29, 0.717) is 17.1 Å². The van der Waals surface area contributed by atoms with Crippen LogP contribution in [-0.2, 0) is 10.0 Å². The number of nitrogens with one attached hydrogen (secondary N) is 2. The molecule has 2 N–H and O–H groups in total. The molecule has 0 unspecified atom stereocenters. The van der Waals surface area contributed by atoms with E-state index < -0.39 is 10.0 Å². The van der Waals surface area contributed by atoms with Crippen molar-refractivity contribution >= 4 is 27.5 Å². The molecule has 0 fully saturated rings. The van der Waals surface area contributed by atoms with E-state index in [1.807, 2.05) is 17.8 Å². The summed E-state index contributed by atoms with van der Waals surface area (Å²) < 4.78 is 26.6. The second-order valence-electron chi connectivity index (χ2n) is 3.97. The predicted octanol–water partition coefficient (Wildman–Crippen LogP) is 2.54. The van der Waals surface area contributed by atoms with Crippen LogP contribution in [0.5, 0.6) is 0 Å². The Hall–Kier alpha value is -0.720. The van der Waals surface area contributed by atoms with Gasteiger partial charge in [0.2, 0.25) is 10.0 Å². The summed E-state index contributed by atoms with van der Waals surface area (Å²) in [6.45, 7) is 5.08. The molecule has 19 heavy (non-hydrogen) atoms. The fraction of sp³-hybridized carbons (Fsp3) is 0.538. The van der Waals surface area contributed by atoms with Gasteiger partial charge in [0.15, 0.2) is 0 Å². The number of anilines is 1. The Bertz CT molecular complexity index is 475. The molecule has 0 heterocycles. The van der Waals surface area contributed by atoms with Crippen LogP contribution in [0, 0.1) is 0 Å². The minimum absolute atomic E-state index is 0.319. The fourth-order valence-electron chi connectivity index (χ4n) is 1.66. The lowest BCUT2D eigenvalue weighted by Crippen LogP contribution is -2.24. The number of thioether (sulfide) groups is 1. The summed E-state index contributed by atoms with van der Waals surface area (Å²) in [5, 5.41) is 3.20. The molecule has 0 aliphatic carbocycles. The molecule has 4 nitrogen and oxygen atoms in total. The third kappa shape index (κ3) is 5.42. The highest BCUT2D eigenvalue weighted by Crippen LogP contribution is 2.20. The molecule has 0 aliphatic rings. The molecule has 108 valence electrons. The summed E-state index contributed by atoms with van der Waals surface area (Å²) in [5.74, 6) is 2.21. The Balaban J connectivity index is 2.68. The summed E-state index contributed by atoms with van der Waals surface area (Å²) in [4.78, 5) is 0.319. The van der Waals surface area contributed by atoms with Crippen LogP contribution < -0.4 is 10.0 Å². The highest BCUT2D eigenvalue weighted by Gasteiger charge is 2.16. The third-order valence-corrected chi connectivity index (χ3v) is 5.09. The lowest BCUT2D eigenvalue weighted by molar-refractivity contribution is 0.584. The van der Waals surface area contributed by atoms with Crippen molar-refractivity contribution < 1.29 is 8.42 Å². The van der Waals surface area contributed by atoms with Crippen molar-refractivity contribution in [1.82, 2.24) is 4.72 Å². The molecule has 0 spiro atoms. The Morgan fingerprint density at radius 1 is 1.21 bits per heavy atom. The second-order valence-corrected chi connectivity index (χ2v) is 7.10. The normalized spacial score (nSPS) is 11.5. The van der Waals surface area contributed by atoms with Crippen LogP contribution >= 0.6 is 11.8 Å². The first-order valence-electron chi connectivity index (χ1n) is 6.52. The molecule has 0 bridgehead atoms. The van der Waals surface area contributed by atoms with Gasteiger partial charge in [-0.25, -0.2) is 13.1 Å². The van der Waals surface area contributed by atoms with Gasteiger partial charge >= 0.3 is 0 Å². The molecule has 1 aromatic rings. The number of sulfonamides is 1. The molecule has 0 aliphatic heterocycles. The zero-order valence-corrected chi connectivity index (χ0v) is 13.1. The molecule has 1 aromatic carbocycles. The SMILES string of the molecule is CCNS(=O)(=O)c1ccccc1NCCCSCC. The van der Waals surface area contributed by atoms with Crippen LogP contribution in [0.3, 0.4) is 0 Å². The Morgan fingerprint density at radius 3 is 2.63 bits per heavy atom. The zero-order chi connectivity index (χ0) is 14.1. The molecule has 0 saturated heterocycles. The number of hydrogen-bond donors (Lipinski definition) is 2. The minimum Gasteiger partial charge on any atom is -0.384 e. The number of rotatable bonds is 9. The summed E-state index contributed by atoms with van der Waals surface area (Å²) in [6, 6.07) is 7.01. The van der Waals surface area contributed by atoms with Crippen molar-refractivity contribution in [1.29, 1.82) is 0 Å². The average molecular weight is 302 g/mol. The highest BCUT2D eigenvalue weighted by atomic mass is 32.2. The minimum atomic E-state index is -3.41. The fourth-order valence-corrected chi connectivity index (χ4v) is 3.52. The lowest BCUT2D eigenvalue weighted by atomic mass is 10.3. The molecular formula is C13H22N2O2S2. The van der Waals surface area contributed by atoms with E-state index in [4.69, 9.17) is 0 Å². The molecule has 0 saturated carbocycles. The third-order valence-electron chi connectivity index (χ3n) is 2.50. The van der Waals surface area contributed by atoms with E-state index in [9.17, 15) is 8.42 Å². The highest BCUT2D eigenvalue weighted by molar-refractivity contribution is 7.99. The van der Waals surface area contributed by atoms with Crippen molar-refractivity contribution in [3.8, 4) is 0 Å². The Morgan fingerprint density at radius 2 is 1.95 bits per heavy atom. The van der Waals surface area contributed by atoms with Crippen molar-refractivity contribution in [2.24, 2.45) is 0 Å². The summed E-state index contributed by atoms with van der Waals surface area (Å²) in [6.07, 6.45) is 1.02. The first kappa shape index (κ1) is 16.3. The molecule has 0 aromatic heterocycles. The van der Waals surface area contributed by atoms with E-state index in [1.165, 1.54) is 0 Å². The van der Waals surface area contributed by atoms with Crippen LogP contribution in [0.25, 0.3) is 0 Å². The van der Waals surface area contributed by atoms with Crippen molar-refractivity contribution in [3.05, 3.63) is 24.3 Å². The number of benzene rings is 1. The first-order chi connectivity index (χ1) is 9.11. The summed E-state index contributed by atoms with van der Waals surface area (Å²) in [7, 11) is -3.41. The quantitative estimate of drug-likeness (QED) is 0.688. The maximum absolute atomic E-state index is 12.0. The van der Waals surface area contributed by atoms with Gasteiger partial charge in [0.1, 0.15) is 4.90 Å². The molecule has 0 atom stereocenters. The Labute approximate surface area is 120 Å². The molecule has 6 heteroatoms. The van der Waals surface area contributed by atoms with Gasteiger partial charge in [-0.05, 0) is 30.1 Å². The van der Waals surface area contributed by atoms with Crippen LogP contribution in [0.1, 0.15) is 20.3 Å². The van der Waals surface area contributed by atoms with Crippen molar-refractivity contribution in [2.75, 3.05) is 29.9 Å². The lowest BCUT2D eigenvalue weighted by Gasteiger charge is -2.12. The van der Waals surface area contributed by atoms with Gasteiger partial charge in [-0.3, -0.25) is 0 Å². The molecule has 1 rings (SSSR count). The maximum Gasteiger partial charge on any atom is 0.242 e. The van der Waals surface area contributed by atoms with E-state index in [1.54, 1.807) is 25.1 Å². The summed E-state index contributed by atoms with van der Waals surface area (Å²) in [5.41, 5.74) is 0.671. The van der Waals surface area contributed by atoms with Gasteiger partial charge in [-0.1, -0.05) is 26.0 Å². The predicted molar refractivity (Wildman–Crippen MR) is 83.4 cm³/mol. The second kappa shape index (κ2) is 8.45. The first-order valence-corrected chi connectivity index (χ1v) is 9.16. The van der Waals surface area contributed by atoms with Crippen molar-refractivity contribution in [2.45, 2.75) is 25.2 Å². The maximum atomic E-state index is 12.0. The van der Waals surface area contributed by atoms with Crippen molar-refractivity contribution in [3.63, 3.8) is 0 Å². The van der Waals surface area contributed by atoms with Gasteiger partial charge in [-0.2, -0.15) is 11.8 Å². The van der Waals surface area contributed by atoms with Gasteiger partial charge in [-0.15, -0.1) is 0 Å². The van der Waals surface area contributed by atoms with Crippen LogP contribution in [0.4, 0.5) is 5.69 Å². The smallest absolute Gasteiger partial charge is 0.242 e. The van der Waals surface area contributed by atoms with Gasteiger partial charge in [0.25, 0.3) is 0 Å². The van der Waals surface area contributed by atoms with Gasteiger partial charge < -0.3 is 5.32 Å². The average Bonchev–Trinajstić information content (AvgIpc) is 2.39. The van der Waals surface area contributed by atoms with Gasteiger partial charge in [0.05, 0.1) is 5.69 Å².